The topological polar surface area (TPSA) is 99.0 Å². The molecular formula is C28H22N2O4. The van der Waals surface area contributed by atoms with Gasteiger partial charge in [-0.2, -0.15) is 5.10 Å². The second-order valence-corrected chi connectivity index (χ2v) is 7.58. The number of carboxylic acid groups (broad SMARTS) is 1. The van der Waals surface area contributed by atoms with Crippen molar-refractivity contribution in [2.75, 3.05) is 0 Å². The van der Waals surface area contributed by atoms with Crippen molar-refractivity contribution in [1.29, 1.82) is 0 Å². The second-order valence-electron chi connectivity index (χ2n) is 7.58. The quantitative estimate of drug-likeness (QED) is 0.286. The molecule has 168 valence electrons. The van der Waals surface area contributed by atoms with Crippen molar-refractivity contribution >= 4 is 18.1 Å². The van der Waals surface area contributed by atoms with Gasteiger partial charge in [-0.25, -0.2) is 10.2 Å². The van der Waals surface area contributed by atoms with Crippen LogP contribution in [0.4, 0.5) is 0 Å². The molecule has 0 saturated carbocycles. The summed E-state index contributed by atoms with van der Waals surface area (Å²) in [6.45, 7) is 0. The molecule has 0 saturated heterocycles. The van der Waals surface area contributed by atoms with Gasteiger partial charge in [0.25, 0.3) is 5.91 Å². The average molecular weight is 450 g/mol. The minimum absolute atomic E-state index is 0.0423. The highest BCUT2D eigenvalue weighted by molar-refractivity contribution is 6.03. The summed E-state index contributed by atoms with van der Waals surface area (Å²) in [6.07, 6.45) is 1.29. The third-order valence-electron chi connectivity index (χ3n) is 5.49. The standard InChI is InChI=1S/C28H22N2O4/c31-26(32)24-18-10-17-23(20-11-4-1-5-12-20)25(24)19-29-30-27(33)28(34,21-13-6-2-7-14-21)22-15-8-3-9-16-22/h1-19,34H,(H,30,33)(H,31,32). The number of rotatable bonds is 7. The molecule has 1 amide bonds. The van der Waals surface area contributed by atoms with Crippen molar-refractivity contribution in [3.8, 4) is 11.1 Å². The molecule has 6 heteroatoms. The van der Waals surface area contributed by atoms with Crippen LogP contribution in [-0.4, -0.2) is 28.3 Å². The fourth-order valence-corrected chi connectivity index (χ4v) is 3.78. The molecule has 0 radical (unpaired) electrons. The lowest BCUT2D eigenvalue weighted by atomic mass is 9.85. The number of carboxylic acids is 1. The van der Waals surface area contributed by atoms with Crippen LogP contribution in [0.25, 0.3) is 11.1 Å². The first-order valence-electron chi connectivity index (χ1n) is 10.6. The predicted molar refractivity (Wildman–Crippen MR) is 130 cm³/mol. The zero-order valence-corrected chi connectivity index (χ0v) is 18.1. The largest absolute Gasteiger partial charge is 0.478 e. The number of aliphatic hydroxyl groups is 1. The monoisotopic (exact) mass is 450 g/mol. The Kier molecular flexibility index (Phi) is 6.62. The Balaban J connectivity index is 1.71. The van der Waals surface area contributed by atoms with Crippen molar-refractivity contribution in [3.63, 3.8) is 0 Å². The lowest BCUT2D eigenvalue weighted by molar-refractivity contribution is -0.136. The molecule has 4 rings (SSSR count). The number of nitrogens with one attached hydrogen (secondary N) is 1. The lowest BCUT2D eigenvalue weighted by Crippen LogP contribution is -2.43. The summed E-state index contributed by atoms with van der Waals surface area (Å²) in [6, 6.07) is 31.3. The zero-order chi connectivity index (χ0) is 24.0. The van der Waals surface area contributed by atoms with Crippen molar-refractivity contribution in [1.82, 2.24) is 5.43 Å². The van der Waals surface area contributed by atoms with Crippen LogP contribution >= 0.6 is 0 Å². The van der Waals surface area contributed by atoms with Crippen molar-refractivity contribution in [3.05, 3.63) is 131 Å². The molecule has 0 unspecified atom stereocenters. The van der Waals surface area contributed by atoms with Crippen LogP contribution in [0.1, 0.15) is 27.0 Å². The highest BCUT2D eigenvalue weighted by Crippen LogP contribution is 2.30. The Morgan fingerprint density at radius 2 is 1.26 bits per heavy atom. The Morgan fingerprint density at radius 1 is 0.735 bits per heavy atom. The first-order valence-corrected chi connectivity index (χ1v) is 10.6. The first-order chi connectivity index (χ1) is 16.5. The normalized spacial score (nSPS) is 11.3. The smallest absolute Gasteiger partial charge is 0.336 e. The van der Waals surface area contributed by atoms with Crippen LogP contribution in [0.2, 0.25) is 0 Å². The van der Waals surface area contributed by atoms with E-state index >= 15 is 0 Å². The fourth-order valence-electron chi connectivity index (χ4n) is 3.78. The Labute approximate surface area is 196 Å². The van der Waals surface area contributed by atoms with Crippen molar-refractivity contribution in [2.45, 2.75) is 5.60 Å². The van der Waals surface area contributed by atoms with E-state index < -0.39 is 17.5 Å². The maximum absolute atomic E-state index is 13.2. The summed E-state index contributed by atoms with van der Waals surface area (Å²) in [5.74, 6) is -1.88. The summed E-state index contributed by atoms with van der Waals surface area (Å²) in [7, 11) is 0. The van der Waals surface area contributed by atoms with Gasteiger partial charge in [-0.05, 0) is 28.3 Å². The van der Waals surface area contributed by atoms with Crippen LogP contribution in [0.3, 0.4) is 0 Å². The number of carbonyl (C=O) groups excluding carboxylic acids is 1. The zero-order valence-electron chi connectivity index (χ0n) is 18.1. The molecule has 0 aliphatic heterocycles. The molecule has 4 aromatic carbocycles. The van der Waals surface area contributed by atoms with Gasteiger partial charge < -0.3 is 10.2 Å². The van der Waals surface area contributed by atoms with E-state index in [0.29, 0.717) is 22.3 Å². The second kappa shape index (κ2) is 9.94. The molecule has 0 aliphatic rings. The number of amides is 1. The summed E-state index contributed by atoms with van der Waals surface area (Å²) in [4.78, 5) is 25.1. The van der Waals surface area contributed by atoms with Crippen molar-refractivity contribution in [2.24, 2.45) is 5.10 Å². The minimum atomic E-state index is -1.99. The third-order valence-corrected chi connectivity index (χ3v) is 5.49. The highest BCUT2D eigenvalue weighted by Gasteiger charge is 2.39. The van der Waals surface area contributed by atoms with E-state index in [0.717, 1.165) is 5.56 Å². The maximum atomic E-state index is 13.2. The SMILES string of the molecule is O=C(O)c1cccc(-c2ccccc2)c1C=NNC(=O)C(O)(c1ccccc1)c1ccccc1. The van der Waals surface area contributed by atoms with Crippen LogP contribution in [0, 0.1) is 0 Å². The summed E-state index contributed by atoms with van der Waals surface area (Å²) in [5, 5.41) is 25.2. The molecule has 0 aliphatic carbocycles. The minimum Gasteiger partial charge on any atom is -0.478 e. The van der Waals surface area contributed by atoms with Gasteiger partial charge in [-0.3, -0.25) is 4.79 Å². The van der Waals surface area contributed by atoms with E-state index in [4.69, 9.17) is 0 Å². The number of aromatic carboxylic acids is 1. The lowest BCUT2D eigenvalue weighted by Gasteiger charge is -2.27. The summed E-state index contributed by atoms with van der Waals surface area (Å²) < 4.78 is 0. The number of hydrogen-bond donors (Lipinski definition) is 3. The molecule has 0 spiro atoms. The van der Waals surface area contributed by atoms with E-state index in [1.807, 2.05) is 30.3 Å². The van der Waals surface area contributed by atoms with Gasteiger partial charge in [0, 0.05) is 5.56 Å². The van der Waals surface area contributed by atoms with Gasteiger partial charge in [0.1, 0.15) is 0 Å². The average Bonchev–Trinajstić information content (AvgIpc) is 2.89. The number of benzene rings is 4. The van der Waals surface area contributed by atoms with Crippen LogP contribution < -0.4 is 5.43 Å². The Morgan fingerprint density at radius 3 is 1.79 bits per heavy atom. The van der Waals surface area contributed by atoms with Crippen LogP contribution in [-0.2, 0) is 10.4 Å². The van der Waals surface area contributed by atoms with E-state index in [9.17, 15) is 19.8 Å². The number of carbonyl (C=O) groups is 2. The van der Waals surface area contributed by atoms with Crippen LogP contribution in [0.15, 0.2) is 114 Å². The molecule has 0 bridgehead atoms. The first kappa shape index (κ1) is 22.6. The van der Waals surface area contributed by atoms with Gasteiger partial charge in [0.15, 0.2) is 5.60 Å². The third kappa shape index (κ3) is 4.48. The van der Waals surface area contributed by atoms with Gasteiger partial charge in [-0.15, -0.1) is 0 Å². The van der Waals surface area contributed by atoms with Crippen LogP contribution in [0.5, 0.6) is 0 Å². The van der Waals surface area contributed by atoms with Gasteiger partial charge in [0.05, 0.1) is 11.8 Å². The summed E-state index contributed by atoms with van der Waals surface area (Å²) >= 11 is 0. The van der Waals surface area contributed by atoms with E-state index in [2.05, 4.69) is 10.5 Å². The Bertz CT molecular complexity index is 1280. The number of nitrogens with zero attached hydrogens (tertiary/aromatic N) is 1. The van der Waals surface area contributed by atoms with Gasteiger partial charge >= 0.3 is 5.97 Å². The maximum Gasteiger partial charge on any atom is 0.336 e. The molecular weight excluding hydrogens is 428 g/mol. The number of hydrazone groups is 1. The van der Waals surface area contributed by atoms with Gasteiger partial charge in [0.2, 0.25) is 0 Å². The van der Waals surface area contributed by atoms with E-state index in [1.165, 1.54) is 12.3 Å². The number of hydrogen-bond acceptors (Lipinski definition) is 4. The predicted octanol–water partition coefficient (Wildman–Crippen LogP) is 4.44. The molecule has 0 fully saturated rings. The van der Waals surface area contributed by atoms with Crippen molar-refractivity contribution < 1.29 is 19.8 Å². The molecule has 0 heterocycles. The molecule has 3 N–H and O–H groups in total. The van der Waals surface area contributed by atoms with E-state index in [1.54, 1.807) is 72.8 Å². The molecule has 0 aromatic heterocycles. The molecule has 34 heavy (non-hydrogen) atoms. The molecule has 6 nitrogen and oxygen atoms in total. The summed E-state index contributed by atoms with van der Waals surface area (Å²) in [5.41, 5.74) is 3.01. The fraction of sp³-hybridized carbons (Fsp3) is 0.0357. The van der Waals surface area contributed by atoms with E-state index in [-0.39, 0.29) is 5.56 Å². The molecule has 0 atom stereocenters. The highest BCUT2D eigenvalue weighted by atomic mass is 16.4. The van der Waals surface area contributed by atoms with Gasteiger partial charge in [-0.1, -0.05) is 103 Å². The molecule has 4 aromatic rings. The Hall–Kier alpha value is -4.55.